The molecule has 0 aliphatic heterocycles. The number of nitrogens with one attached hydrogen (secondary N) is 2. The molecule has 15 heavy (non-hydrogen) atoms. The summed E-state index contributed by atoms with van der Waals surface area (Å²) in [6, 6.07) is 5.28. The van der Waals surface area contributed by atoms with Gasteiger partial charge in [-0.2, -0.15) is 0 Å². The van der Waals surface area contributed by atoms with Gasteiger partial charge in [-0.05, 0) is 24.6 Å². The van der Waals surface area contributed by atoms with Gasteiger partial charge in [-0.1, -0.05) is 12.1 Å². The molecule has 1 aromatic carbocycles. The maximum atomic E-state index is 11.6. The average Bonchev–Trinajstić information content (AvgIpc) is 2.72. The normalized spacial score (nSPS) is 10.5. The molecule has 1 aromatic heterocycles. The van der Waals surface area contributed by atoms with Gasteiger partial charge in [0.25, 0.3) is 5.91 Å². The first kappa shape index (κ1) is 9.64. The Morgan fingerprint density at radius 1 is 1.53 bits per heavy atom. The first-order valence-corrected chi connectivity index (χ1v) is 4.90. The second-order valence-electron chi connectivity index (χ2n) is 3.30. The summed E-state index contributed by atoms with van der Waals surface area (Å²) >= 11 is 0. The Balaban J connectivity index is 2.23. The highest BCUT2D eigenvalue weighted by molar-refractivity contribution is 5.97. The number of aromatic amines is 1. The van der Waals surface area contributed by atoms with Crippen LogP contribution in [0, 0.1) is 0 Å². The maximum Gasteiger partial charge on any atom is 0.251 e. The van der Waals surface area contributed by atoms with Gasteiger partial charge in [0.1, 0.15) is 5.52 Å². The van der Waals surface area contributed by atoms with Crippen molar-refractivity contribution in [2.45, 2.75) is 13.3 Å². The molecule has 0 saturated heterocycles. The van der Waals surface area contributed by atoms with Crippen molar-refractivity contribution in [2.75, 3.05) is 6.54 Å². The van der Waals surface area contributed by atoms with Crippen LogP contribution in [0.25, 0.3) is 11.0 Å². The van der Waals surface area contributed by atoms with E-state index in [1.807, 2.05) is 6.92 Å². The van der Waals surface area contributed by atoms with Gasteiger partial charge in [0.05, 0.1) is 5.52 Å². The zero-order valence-electron chi connectivity index (χ0n) is 8.45. The number of nitrogens with zero attached hydrogens (tertiary/aromatic N) is 2. The molecular formula is C10H12N4O. The summed E-state index contributed by atoms with van der Waals surface area (Å²) < 4.78 is 0. The minimum absolute atomic E-state index is 0.0678. The molecule has 1 amide bonds. The Bertz CT molecular complexity index is 477. The molecule has 2 aromatic rings. The number of hydrogen-bond acceptors (Lipinski definition) is 3. The molecule has 2 rings (SSSR count). The predicted octanol–water partition coefficient (Wildman–Crippen LogP) is 1.10. The Hall–Kier alpha value is -1.91. The lowest BCUT2D eigenvalue weighted by Crippen LogP contribution is -2.23. The Morgan fingerprint density at radius 3 is 3.20 bits per heavy atom. The smallest absolute Gasteiger partial charge is 0.251 e. The van der Waals surface area contributed by atoms with Crippen LogP contribution in [0.4, 0.5) is 0 Å². The molecule has 0 unspecified atom stereocenters. The van der Waals surface area contributed by atoms with Crippen LogP contribution in [0.1, 0.15) is 23.7 Å². The fourth-order valence-corrected chi connectivity index (χ4v) is 1.32. The van der Waals surface area contributed by atoms with E-state index in [0.717, 1.165) is 11.9 Å². The third kappa shape index (κ3) is 1.96. The van der Waals surface area contributed by atoms with E-state index in [9.17, 15) is 4.79 Å². The van der Waals surface area contributed by atoms with E-state index < -0.39 is 0 Å². The molecular weight excluding hydrogens is 192 g/mol. The summed E-state index contributed by atoms with van der Waals surface area (Å²) in [7, 11) is 0. The summed E-state index contributed by atoms with van der Waals surface area (Å²) in [5.41, 5.74) is 2.16. The van der Waals surface area contributed by atoms with Crippen molar-refractivity contribution in [3.05, 3.63) is 23.8 Å². The molecule has 0 radical (unpaired) electrons. The van der Waals surface area contributed by atoms with Crippen LogP contribution in [-0.4, -0.2) is 27.9 Å². The van der Waals surface area contributed by atoms with E-state index in [2.05, 4.69) is 20.7 Å². The van der Waals surface area contributed by atoms with Crippen LogP contribution in [0.3, 0.4) is 0 Å². The lowest BCUT2D eigenvalue weighted by atomic mass is 10.2. The lowest BCUT2D eigenvalue weighted by Gasteiger charge is -2.02. The number of benzene rings is 1. The second-order valence-corrected chi connectivity index (χ2v) is 3.30. The summed E-state index contributed by atoms with van der Waals surface area (Å²) in [6.07, 6.45) is 0.929. The lowest BCUT2D eigenvalue weighted by molar-refractivity contribution is 0.0954. The molecule has 0 fully saturated rings. The zero-order chi connectivity index (χ0) is 10.7. The van der Waals surface area contributed by atoms with Gasteiger partial charge in [-0.3, -0.25) is 9.89 Å². The molecule has 1 heterocycles. The number of carbonyl (C=O) groups excluding carboxylic acids is 1. The molecule has 0 aliphatic rings. The number of rotatable bonds is 3. The van der Waals surface area contributed by atoms with Gasteiger partial charge in [0.2, 0.25) is 0 Å². The Labute approximate surface area is 86.9 Å². The van der Waals surface area contributed by atoms with Crippen molar-refractivity contribution >= 4 is 16.9 Å². The SMILES string of the molecule is CCCNC(=O)c1ccc2[nH]nnc2c1. The van der Waals surface area contributed by atoms with Gasteiger partial charge < -0.3 is 5.32 Å². The Kier molecular flexibility index (Phi) is 2.62. The first-order chi connectivity index (χ1) is 7.31. The van der Waals surface area contributed by atoms with Crippen LogP contribution >= 0.6 is 0 Å². The third-order valence-electron chi connectivity index (χ3n) is 2.12. The van der Waals surface area contributed by atoms with E-state index in [0.29, 0.717) is 17.6 Å². The molecule has 0 spiro atoms. The van der Waals surface area contributed by atoms with E-state index >= 15 is 0 Å². The number of hydrogen-bond donors (Lipinski definition) is 2. The highest BCUT2D eigenvalue weighted by atomic mass is 16.1. The van der Waals surface area contributed by atoms with Gasteiger partial charge in [0, 0.05) is 12.1 Å². The largest absolute Gasteiger partial charge is 0.352 e. The van der Waals surface area contributed by atoms with Crippen molar-refractivity contribution in [3.63, 3.8) is 0 Å². The van der Waals surface area contributed by atoms with Crippen molar-refractivity contribution in [2.24, 2.45) is 0 Å². The number of H-pyrrole nitrogens is 1. The van der Waals surface area contributed by atoms with Crippen LogP contribution < -0.4 is 5.32 Å². The van der Waals surface area contributed by atoms with Crippen molar-refractivity contribution < 1.29 is 4.79 Å². The van der Waals surface area contributed by atoms with Crippen molar-refractivity contribution in [3.8, 4) is 0 Å². The molecule has 0 atom stereocenters. The number of fused-ring (bicyclic) bond motifs is 1. The monoisotopic (exact) mass is 204 g/mol. The van der Waals surface area contributed by atoms with Crippen LogP contribution in [-0.2, 0) is 0 Å². The number of amides is 1. The number of carbonyl (C=O) groups is 1. The molecule has 78 valence electrons. The zero-order valence-corrected chi connectivity index (χ0v) is 8.45. The van der Waals surface area contributed by atoms with Crippen LogP contribution in [0.15, 0.2) is 18.2 Å². The fourth-order valence-electron chi connectivity index (χ4n) is 1.32. The highest BCUT2D eigenvalue weighted by Crippen LogP contribution is 2.10. The molecule has 2 N–H and O–H groups in total. The molecule has 0 saturated carbocycles. The second kappa shape index (κ2) is 4.08. The summed E-state index contributed by atoms with van der Waals surface area (Å²) in [5.74, 6) is -0.0678. The minimum Gasteiger partial charge on any atom is -0.352 e. The fraction of sp³-hybridized carbons (Fsp3) is 0.300. The van der Waals surface area contributed by atoms with Gasteiger partial charge in [-0.25, -0.2) is 0 Å². The Morgan fingerprint density at radius 2 is 2.40 bits per heavy atom. The summed E-state index contributed by atoms with van der Waals surface area (Å²) in [6.45, 7) is 2.71. The summed E-state index contributed by atoms with van der Waals surface area (Å²) in [4.78, 5) is 11.6. The van der Waals surface area contributed by atoms with Crippen LogP contribution in [0.5, 0.6) is 0 Å². The average molecular weight is 204 g/mol. The topological polar surface area (TPSA) is 70.7 Å². The predicted molar refractivity (Wildman–Crippen MR) is 56.5 cm³/mol. The van der Waals surface area contributed by atoms with Crippen molar-refractivity contribution in [1.29, 1.82) is 0 Å². The van der Waals surface area contributed by atoms with E-state index in [-0.39, 0.29) is 5.91 Å². The number of aromatic nitrogens is 3. The van der Waals surface area contributed by atoms with E-state index in [1.54, 1.807) is 18.2 Å². The van der Waals surface area contributed by atoms with E-state index in [1.165, 1.54) is 0 Å². The highest BCUT2D eigenvalue weighted by Gasteiger charge is 2.06. The molecule has 0 aliphatic carbocycles. The van der Waals surface area contributed by atoms with Crippen molar-refractivity contribution in [1.82, 2.24) is 20.7 Å². The van der Waals surface area contributed by atoms with Crippen LogP contribution in [0.2, 0.25) is 0 Å². The quantitative estimate of drug-likeness (QED) is 0.786. The third-order valence-corrected chi connectivity index (χ3v) is 2.12. The molecule has 0 bridgehead atoms. The molecule has 5 nitrogen and oxygen atoms in total. The van der Waals surface area contributed by atoms with Gasteiger partial charge in [-0.15, -0.1) is 5.10 Å². The van der Waals surface area contributed by atoms with E-state index in [4.69, 9.17) is 0 Å². The minimum atomic E-state index is -0.0678. The first-order valence-electron chi connectivity index (χ1n) is 4.90. The standard InChI is InChI=1S/C10H12N4O/c1-2-5-11-10(15)7-3-4-8-9(6-7)13-14-12-8/h3-4,6H,2,5H2,1H3,(H,11,15)(H,12,13,14). The van der Waals surface area contributed by atoms with Gasteiger partial charge in [0.15, 0.2) is 0 Å². The summed E-state index contributed by atoms with van der Waals surface area (Å²) in [5, 5.41) is 13.1. The molecule has 5 heteroatoms. The van der Waals surface area contributed by atoms with Gasteiger partial charge >= 0.3 is 0 Å². The maximum absolute atomic E-state index is 11.6.